The first-order valence-corrected chi connectivity index (χ1v) is 14.9. The summed E-state index contributed by atoms with van der Waals surface area (Å²) in [6.45, 7) is 2.49. The second kappa shape index (κ2) is 12.8. The van der Waals surface area contributed by atoms with E-state index in [0.717, 1.165) is 57.5 Å². The van der Waals surface area contributed by atoms with E-state index in [-0.39, 0.29) is 18.6 Å². The van der Waals surface area contributed by atoms with Crippen molar-refractivity contribution in [1.29, 1.82) is 0 Å². The third-order valence-corrected chi connectivity index (χ3v) is 8.49. The number of fused-ring (bicyclic) bond motifs is 6. The predicted molar refractivity (Wildman–Crippen MR) is 161 cm³/mol. The van der Waals surface area contributed by atoms with Crippen molar-refractivity contribution in [3.63, 3.8) is 0 Å². The molecule has 0 aliphatic carbocycles. The molecule has 0 saturated heterocycles. The van der Waals surface area contributed by atoms with Crippen LogP contribution in [0.5, 0.6) is 23.0 Å². The molecule has 5 rings (SSSR count). The molecule has 1 atom stereocenters. The number of carbonyl (C=O) groups excluding carboxylic acids is 1. The molecule has 0 N–H and O–H groups in total. The summed E-state index contributed by atoms with van der Waals surface area (Å²) >= 11 is 0. The molecule has 40 heavy (non-hydrogen) atoms. The highest BCUT2D eigenvalue weighted by atomic mass is 16.7. The van der Waals surface area contributed by atoms with Gasteiger partial charge in [-0.1, -0.05) is 70.4 Å². The highest BCUT2D eigenvalue weighted by Crippen LogP contribution is 2.54. The van der Waals surface area contributed by atoms with Gasteiger partial charge < -0.3 is 23.8 Å². The van der Waals surface area contributed by atoms with Crippen LogP contribution in [0.4, 0.5) is 5.69 Å². The van der Waals surface area contributed by atoms with E-state index < -0.39 is 0 Å². The zero-order chi connectivity index (χ0) is 28.1. The largest absolute Gasteiger partial charge is 0.493 e. The summed E-state index contributed by atoms with van der Waals surface area (Å²) in [6, 6.07) is 12.3. The monoisotopic (exact) mass is 545 g/mol. The van der Waals surface area contributed by atoms with Crippen LogP contribution < -0.4 is 23.8 Å². The number of ketones is 1. The van der Waals surface area contributed by atoms with E-state index in [1.165, 1.54) is 44.9 Å². The Bertz CT molecular complexity index is 1350. The van der Waals surface area contributed by atoms with Crippen molar-refractivity contribution < 1.29 is 23.7 Å². The van der Waals surface area contributed by atoms with Crippen molar-refractivity contribution in [2.24, 2.45) is 0 Å². The summed E-state index contributed by atoms with van der Waals surface area (Å²) in [7, 11) is 5.42. The number of ether oxygens (including phenoxy) is 4. The summed E-state index contributed by atoms with van der Waals surface area (Å²) in [4.78, 5) is 15.7. The normalized spacial score (nSPS) is 15.2. The van der Waals surface area contributed by atoms with Crippen LogP contribution >= 0.6 is 0 Å². The van der Waals surface area contributed by atoms with Crippen LogP contribution in [0.1, 0.15) is 89.2 Å². The molecule has 0 amide bonds. The highest BCUT2D eigenvalue weighted by Gasteiger charge is 2.35. The Morgan fingerprint density at radius 2 is 1.55 bits per heavy atom. The SMILES string of the molecule is CCCCCCCCCCCC(=O)C[C@@H]1c2c(ccc(OC)c2OC)-c2ccc3cc4c(cc3c2N1C)OCO4. The van der Waals surface area contributed by atoms with Gasteiger partial charge in [0.15, 0.2) is 23.0 Å². The summed E-state index contributed by atoms with van der Waals surface area (Å²) in [5.41, 5.74) is 4.28. The number of nitrogens with zero attached hydrogens (tertiary/aromatic N) is 1. The molecule has 0 unspecified atom stereocenters. The van der Waals surface area contributed by atoms with Crippen LogP contribution in [0.15, 0.2) is 36.4 Å². The maximum Gasteiger partial charge on any atom is 0.231 e. The average Bonchev–Trinajstić information content (AvgIpc) is 3.43. The molecule has 2 aliphatic heterocycles. The average molecular weight is 546 g/mol. The van der Waals surface area contributed by atoms with Gasteiger partial charge >= 0.3 is 0 Å². The molecule has 3 aromatic carbocycles. The van der Waals surface area contributed by atoms with Crippen LogP contribution in [-0.4, -0.2) is 33.8 Å². The third kappa shape index (κ3) is 5.59. The molecule has 6 nitrogen and oxygen atoms in total. The Morgan fingerprint density at radius 1 is 0.875 bits per heavy atom. The number of hydrogen-bond donors (Lipinski definition) is 0. The summed E-state index contributed by atoms with van der Waals surface area (Å²) in [5, 5.41) is 2.17. The highest BCUT2D eigenvalue weighted by molar-refractivity contribution is 6.06. The first-order chi connectivity index (χ1) is 19.6. The van der Waals surface area contributed by atoms with Gasteiger partial charge in [-0.05, 0) is 41.6 Å². The standard InChI is InChI=1S/C34H43NO5/c1-5-6-7-8-9-10-11-12-13-14-24(36)20-28-32-25(17-18-29(37-3)34(32)38-4)26-16-15-23-19-30-31(40-22-39-30)21-27(23)33(26)35(28)2/h15-19,21,28H,5-14,20,22H2,1-4H3/t28-/m1/s1. The number of hydrogen-bond acceptors (Lipinski definition) is 6. The lowest BCUT2D eigenvalue weighted by Crippen LogP contribution is -2.31. The van der Waals surface area contributed by atoms with E-state index in [4.69, 9.17) is 18.9 Å². The number of rotatable bonds is 14. The fourth-order valence-electron chi connectivity index (χ4n) is 6.35. The fourth-order valence-corrected chi connectivity index (χ4v) is 6.35. The minimum atomic E-state index is -0.172. The fraction of sp³-hybridized carbons (Fsp3) is 0.500. The lowest BCUT2D eigenvalue weighted by atomic mass is 9.83. The van der Waals surface area contributed by atoms with E-state index in [0.29, 0.717) is 24.3 Å². The number of unbranched alkanes of at least 4 members (excludes halogenated alkanes) is 8. The van der Waals surface area contributed by atoms with Crippen molar-refractivity contribution in [3.8, 4) is 34.1 Å². The molecule has 0 bridgehead atoms. The van der Waals surface area contributed by atoms with Gasteiger partial charge in [0.05, 0.1) is 25.9 Å². The van der Waals surface area contributed by atoms with E-state index in [1.54, 1.807) is 14.2 Å². The second-order valence-electron chi connectivity index (χ2n) is 11.1. The van der Waals surface area contributed by atoms with E-state index in [9.17, 15) is 4.79 Å². The number of Topliss-reactive ketones (excluding diaryl/α,β-unsaturated/α-hetero) is 1. The molecule has 3 aromatic rings. The Balaban J connectivity index is 1.39. The third-order valence-electron chi connectivity index (χ3n) is 8.49. The van der Waals surface area contributed by atoms with Gasteiger partial charge in [0.1, 0.15) is 5.78 Å². The van der Waals surface area contributed by atoms with E-state index >= 15 is 0 Å². The van der Waals surface area contributed by atoms with Gasteiger partial charge in [-0.2, -0.15) is 0 Å². The van der Waals surface area contributed by atoms with E-state index in [1.807, 2.05) is 12.1 Å². The first-order valence-electron chi connectivity index (χ1n) is 14.9. The molecule has 0 fully saturated rings. The number of anilines is 1. The van der Waals surface area contributed by atoms with Crippen molar-refractivity contribution in [3.05, 3.63) is 42.0 Å². The molecule has 0 radical (unpaired) electrons. The van der Waals surface area contributed by atoms with E-state index in [2.05, 4.69) is 43.1 Å². The van der Waals surface area contributed by atoms with Crippen LogP contribution in [0, 0.1) is 0 Å². The first kappa shape index (κ1) is 28.1. The molecule has 2 heterocycles. The van der Waals surface area contributed by atoms with Gasteiger partial charge in [0, 0.05) is 36.4 Å². The van der Waals surface area contributed by atoms with Crippen LogP contribution in [0.3, 0.4) is 0 Å². The minimum Gasteiger partial charge on any atom is -0.493 e. The molecule has 6 heteroatoms. The lowest BCUT2D eigenvalue weighted by Gasteiger charge is -2.39. The van der Waals surface area contributed by atoms with Gasteiger partial charge in [0.25, 0.3) is 0 Å². The van der Waals surface area contributed by atoms with Crippen LogP contribution in [0.2, 0.25) is 0 Å². The minimum absolute atomic E-state index is 0.172. The molecule has 0 spiro atoms. The van der Waals surface area contributed by atoms with Crippen LogP contribution in [0.25, 0.3) is 21.9 Å². The number of benzene rings is 3. The lowest BCUT2D eigenvalue weighted by molar-refractivity contribution is -0.119. The smallest absolute Gasteiger partial charge is 0.231 e. The topological polar surface area (TPSA) is 57.2 Å². The molecular formula is C34H43NO5. The molecular weight excluding hydrogens is 502 g/mol. The summed E-state index contributed by atoms with van der Waals surface area (Å²) in [6.07, 6.45) is 12.2. The van der Waals surface area contributed by atoms with Crippen molar-refractivity contribution in [2.45, 2.75) is 83.6 Å². The zero-order valence-electron chi connectivity index (χ0n) is 24.5. The van der Waals surface area contributed by atoms with Crippen molar-refractivity contribution in [2.75, 3.05) is 33.0 Å². The van der Waals surface area contributed by atoms with Crippen molar-refractivity contribution >= 4 is 22.2 Å². The number of carbonyl (C=O) groups is 1. The maximum absolute atomic E-state index is 13.4. The Labute approximate surface area is 238 Å². The molecule has 214 valence electrons. The van der Waals surface area contributed by atoms with Gasteiger partial charge in [-0.3, -0.25) is 4.79 Å². The van der Waals surface area contributed by atoms with Gasteiger partial charge in [0.2, 0.25) is 6.79 Å². The Kier molecular flexibility index (Phi) is 9.03. The summed E-state index contributed by atoms with van der Waals surface area (Å²) < 4.78 is 23.0. The number of methoxy groups -OCH3 is 2. The Hall–Kier alpha value is -3.41. The maximum atomic E-state index is 13.4. The predicted octanol–water partition coefficient (Wildman–Crippen LogP) is 8.62. The van der Waals surface area contributed by atoms with Crippen molar-refractivity contribution in [1.82, 2.24) is 0 Å². The summed E-state index contributed by atoms with van der Waals surface area (Å²) in [5.74, 6) is 3.19. The second-order valence-corrected chi connectivity index (χ2v) is 11.1. The molecule has 0 saturated carbocycles. The van der Waals surface area contributed by atoms with Crippen LogP contribution in [-0.2, 0) is 4.79 Å². The van der Waals surface area contributed by atoms with Gasteiger partial charge in [-0.15, -0.1) is 0 Å². The van der Waals surface area contributed by atoms with Gasteiger partial charge in [-0.25, -0.2) is 0 Å². The molecule has 2 aliphatic rings. The zero-order valence-corrected chi connectivity index (χ0v) is 24.5. The molecule has 0 aromatic heterocycles. The Morgan fingerprint density at radius 3 is 2.25 bits per heavy atom. The quantitative estimate of drug-likeness (QED) is 0.189.